The van der Waals surface area contributed by atoms with Gasteiger partial charge in [0.15, 0.2) is 0 Å². The van der Waals surface area contributed by atoms with Gasteiger partial charge in [-0.05, 0) is 49.9 Å². The summed E-state index contributed by atoms with van der Waals surface area (Å²) in [6, 6.07) is 5.40. The van der Waals surface area contributed by atoms with E-state index >= 15 is 0 Å². The predicted octanol–water partition coefficient (Wildman–Crippen LogP) is 3.41. The number of rotatable bonds is 2. The molecular weight excluding hydrogens is 266 g/mol. The molecule has 1 aliphatic rings. The molecule has 1 heterocycles. The highest BCUT2D eigenvalue weighted by Gasteiger charge is 2.25. The van der Waals surface area contributed by atoms with Crippen LogP contribution in [0.1, 0.15) is 51.7 Å². The van der Waals surface area contributed by atoms with Crippen molar-refractivity contribution in [2.24, 2.45) is 0 Å². The molecule has 3 rings (SSSR count). The van der Waals surface area contributed by atoms with E-state index in [9.17, 15) is 9.90 Å². The van der Waals surface area contributed by atoms with E-state index in [0.29, 0.717) is 5.56 Å². The second kappa shape index (κ2) is 5.28. The van der Waals surface area contributed by atoms with Crippen LogP contribution in [0, 0.1) is 13.8 Å². The topological polar surface area (TPSA) is 62.5 Å². The van der Waals surface area contributed by atoms with Gasteiger partial charge in [0.25, 0.3) is 5.91 Å². The Balaban J connectivity index is 1.84. The molecule has 0 saturated heterocycles. The summed E-state index contributed by atoms with van der Waals surface area (Å²) in [5, 5.41) is 13.2. The number of phenols is 1. The Hall–Kier alpha value is -2.23. The third-order valence-corrected chi connectivity index (χ3v) is 4.30. The molecule has 1 atom stereocenters. The van der Waals surface area contributed by atoms with Gasteiger partial charge < -0.3 is 14.8 Å². The molecule has 110 valence electrons. The van der Waals surface area contributed by atoms with Gasteiger partial charge in [-0.15, -0.1) is 0 Å². The number of furan rings is 1. The van der Waals surface area contributed by atoms with Crippen molar-refractivity contribution in [3.63, 3.8) is 0 Å². The van der Waals surface area contributed by atoms with E-state index in [1.54, 1.807) is 12.3 Å². The highest BCUT2D eigenvalue weighted by atomic mass is 16.3. The third kappa shape index (κ3) is 2.42. The molecule has 1 aromatic heterocycles. The van der Waals surface area contributed by atoms with Crippen LogP contribution in [-0.2, 0) is 6.42 Å². The van der Waals surface area contributed by atoms with Crippen molar-refractivity contribution < 1.29 is 14.3 Å². The molecule has 4 nitrogen and oxygen atoms in total. The number of aromatic hydroxyl groups is 1. The summed E-state index contributed by atoms with van der Waals surface area (Å²) < 4.78 is 5.43. The van der Waals surface area contributed by atoms with Crippen LogP contribution in [0.2, 0.25) is 0 Å². The number of amides is 1. The Morgan fingerprint density at radius 1 is 1.33 bits per heavy atom. The van der Waals surface area contributed by atoms with Gasteiger partial charge in [-0.25, -0.2) is 0 Å². The van der Waals surface area contributed by atoms with Crippen LogP contribution in [-0.4, -0.2) is 11.0 Å². The zero-order chi connectivity index (χ0) is 15.0. The maximum Gasteiger partial charge on any atom is 0.255 e. The van der Waals surface area contributed by atoms with Crippen molar-refractivity contribution in [2.45, 2.75) is 39.2 Å². The van der Waals surface area contributed by atoms with Crippen LogP contribution in [0.15, 0.2) is 28.9 Å². The third-order valence-electron chi connectivity index (χ3n) is 4.30. The molecule has 0 fully saturated rings. The van der Waals surface area contributed by atoms with E-state index in [4.69, 9.17) is 4.42 Å². The van der Waals surface area contributed by atoms with Gasteiger partial charge in [0, 0.05) is 12.0 Å². The van der Waals surface area contributed by atoms with Crippen LogP contribution >= 0.6 is 0 Å². The first kappa shape index (κ1) is 13.7. The number of hydrogen-bond acceptors (Lipinski definition) is 3. The second-order valence-corrected chi connectivity index (χ2v) is 5.62. The quantitative estimate of drug-likeness (QED) is 0.888. The van der Waals surface area contributed by atoms with E-state index in [1.165, 1.54) is 0 Å². The first-order valence-electron chi connectivity index (χ1n) is 7.24. The summed E-state index contributed by atoms with van der Waals surface area (Å²) in [5.74, 6) is 0.779. The van der Waals surface area contributed by atoms with Crippen LogP contribution in [0.4, 0.5) is 0 Å². The predicted molar refractivity (Wildman–Crippen MR) is 79.4 cm³/mol. The normalized spacial score (nSPS) is 17.3. The molecule has 2 N–H and O–H groups in total. The van der Waals surface area contributed by atoms with E-state index < -0.39 is 0 Å². The van der Waals surface area contributed by atoms with Crippen LogP contribution in [0.25, 0.3) is 0 Å². The summed E-state index contributed by atoms with van der Waals surface area (Å²) in [5.41, 5.74) is 3.10. The van der Waals surface area contributed by atoms with Crippen LogP contribution in [0.5, 0.6) is 5.75 Å². The van der Waals surface area contributed by atoms with Gasteiger partial charge in [0.2, 0.25) is 0 Å². The Bertz CT molecular complexity index is 687. The van der Waals surface area contributed by atoms with Gasteiger partial charge in [0.05, 0.1) is 17.9 Å². The van der Waals surface area contributed by atoms with E-state index in [-0.39, 0.29) is 17.7 Å². The Morgan fingerprint density at radius 2 is 2.14 bits per heavy atom. The number of fused-ring (bicyclic) bond motifs is 1. The molecule has 1 aromatic carbocycles. The average molecular weight is 285 g/mol. The van der Waals surface area contributed by atoms with Crippen LogP contribution in [0.3, 0.4) is 0 Å². The fourth-order valence-electron chi connectivity index (χ4n) is 2.86. The monoisotopic (exact) mass is 285 g/mol. The minimum Gasteiger partial charge on any atom is -0.507 e. The van der Waals surface area contributed by atoms with E-state index in [0.717, 1.165) is 41.7 Å². The first-order valence-corrected chi connectivity index (χ1v) is 7.24. The second-order valence-electron chi connectivity index (χ2n) is 5.62. The molecule has 0 saturated carbocycles. The van der Waals surface area contributed by atoms with Crippen molar-refractivity contribution >= 4 is 5.91 Å². The van der Waals surface area contributed by atoms with Crippen molar-refractivity contribution in [1.82, 2.24) is 5.32 Å². The number of benzene rings is 1. The zero-order valence-electron chi connectivity index (χ0n) is 12.3. The summed E-state index contributed by atoms with van der Waals surface area (Å²) in [7, 11) is 0. The Labute approximate surface area is 123 Å². The van der Waals surface area contributed by atoms with E-state index in [2.05, 4.69) is 5.32 Å². The number of phenolic OH excluding ortho intramolecular Hbond substituents is 1. The highest BCUT2D eigenvalue weighted by molar-refractivity contribution is 5.97. The summed E-state index contributed by atoms with van der Waals surface area (Å²) in [6.07, 6.45) is 4.47. The standard InChI is InChI=1S/C17H19NO3/c1-10-6-7-13(16(19)11(10)2)17(20)18-14-4-3-5-15-12(14)8-9-21-15/h6-9,14,19H,3-5H2,1-2H3,(H,18,20). The Kier molecular flexibility index (Phi) is 3.45. The minimum atomic E-state index is -0.241. The summed E-state index contributed by atoms with van der Waals surface area (Å²) >= 11 is 0. The molecule has 21 heavy (non-hydrogen) atoms. The van der Waals surface area contributed by atoms with Crippen molar-refractivity contribution in [2.75, 3.05) is 0 Å². The Morgan fingerprint density at radius 3 is 2.95 bits per heavy atom. The van der Waals surface area contributed by atoms with Gasteiger partial charge in [-0.2, -0.15) is 0 Å². The molecule has 0 radical (unpaired) electrons. The summed E-state index contributed by atoms with van der Waals surface area (Å²) in [4.78, 5) is 12.4. The minimum absolute atomic E-state index is 0.0407. The van der Waals surface area contributed by atoms with Gasteiger partial charge >= 0.3 is 0 Å². The maximum absolute atomic E-state index is 12.4. The lowest BCUT2D eigenvalue weighted by molar-refractivity contribution is 0.0929. The SMILES string of the molecule is Cc1ccc(C(=O)NC2CCCc3occc32)c(O)c1C. The molecule has 1 unspecified atom stereocenters. The molecule has 2 aromatic rings. The first-order chi connectivity index (χ1) is 10.1. The molecule has 0 aliphatic heterocycles. The molecule has 1 aliphatic carbocycles. The fourth-order valence-corrected chi connectivity index (χ4v) is 2.86. The number of aryl methyl sites for hydroxylation is 2. The molecule has 0 spiro atoms. The van der Waals surface area contributed by atoms with Gasteiger partial charge in [-0.1, -0.05) is 6.07 Å². The summed E-state index contributed by atoms with van der Waals surface area (Å²) in [6.45, 7) is 3.73. The van der Waals surface area contributed by atoms with Gasteiger partial charge in [-0.3, -0.25) is 4.79 Å². The lowest BCUT2D eigenvalue weighted by atomic mass is 9.93. The maximum atomic E-state index is 12.4. The highest BCUT2D eigenvalue weighted by Crippen LogP contribution is 2.31. The lowest BCUT2D eigenvalue weighted by Crippen LogP contribution is -2.30. The largest absolute Gasteiger partial charge is 0.507 e. The lowest BCUT2D eigenvalue weighted by Gasteiger charge is -2.23. The molecular formula is C17H19NO3. The number of carbonyl (C=O) groups excluding carboxylic acids is 1. The molecule has 0 bridgehead atoms. The van der Waals surface area contributed by atoms with Crippen molar-refractivity contribution in [1.29, 1.82) is 0 Å². The zero-order valence-corrected chi connectivity index (χ0v) is 12.3. The van der Waals surface area contributed by atoms with Crippen molar-refractivity contribution in [3.8, 4) is 5.75 Å². The van der Waals surface area contributed by atoms with Crippen molar-refractivity contribution in [3.05, 3.63) is 52.5 Å². The fraction of sp³-hybridized carbons (Fsp3) is 0.353. The molecule has 4 heteroatoms. The average Bonchev–Trinajstić information content (AvgIpc) is 2.94. The van der Waals surface area contributed by atoms with Gasteiger partial charge in [0.1, 0.15) is 11.5 Å². The number of carbonyl (C=O) groups is 1. The molecule has 1 amide bonds. The smallest absolute Gasteiger partial charge is 0.255 e. The number of hydrogen-bond donors (Lipinski definition) is 2. The van der Waals surface area contributed by atoms with Crippen LogP contribution < -0.4 is 5.32 Å². The van der Waals surface area contributed by atoms with E-state index in [1.807, 2.05) is 26.0 Å². The number of nitrogens with one attached hydrogen (secondary N) is 1.